The lowest BCUT2D eigenvalue weighted by Gasteiger charge is -2.22. The fraction of sp³-hybridized carbons (Fsp3) is 0.500. The standard InChI is InChI=1S/C18H24N2O/c1-2-9-19-17(12-14-8-11-21-13-14)16-7-3-5-15-6-4-10-20-18(15)16/h3-7,10,14,17,19H,2,8-9,11-13H2,1H3. The molecule has 1 aliphatic rings. The number of rotatable bonds is 6. The van der Waals surface area contributed by atoms with Gasteiger partial charge in [0.15, 0.2) is 0 Å². The van der Waals surface area contributed by atoms with Crippen LogP contribution in [0.25, 0.3) is 10.9 Å². The largest absolute Gasteiger partial charge is 0.381 e. The van der Waals surface area contributed by atoms with Crippen LogP contribution in [-0.4, -0.2) is 24.7 Å². The summed E-state index contributed by atoms with van der Waals surface area (Å²) in [5, 5.41) is 4.93. The minimum atomic E-state index is 0.371. The van der Waals surface area contributed by atoms with E-state index in [1.54, 1.807) is 0 Å². The van der Waals surface area contributed by atoms with Crippen LogP contribution in [0.2, 0.25) is 0 Å². The van der Waals surface area contributed by atoms with Gasteiger partial charge in [-0.1, -0.05) is 31.2 Å². The zero-order chi connectivity index (χ0) is 14.5. The number of hydrogen-bond donors (Lipinski definition) is 1. The minimum absolute atomic E-state index is 0.371. The Labute approximate surface area is 126 Å². The first-order valence-corrected chi connectivity index (χ1v) is 8.03. The molecule has 0 aliphatic carbocycles. The number of aromatic nitrogens is 1. The van der Waals surface area contributed by atoms with Crippen molar-refractivity contribution in [2.75, 3.05) is 19.8 Å². The van der Waals surface area contributed by atoms with E-state index in [4.69, 9.17) is 4.74 Å². The number of hydrogen-bond acceptors (Lipinski definition) is 3. The van der Waals surface area contributed by atoms with Crippen molar-refractivity contribution in [3.05, 3.63) is 42.1 Å². The molecule has 0 bridgehead atoms. The Morgan fingerprint density at radius 2 is 2.24 bits per heavy atom. The molecule has 1 aromatic carbocycles. The predicted molar refractivity (Wildman–Crippen MR) is 86.3 cm³/mol. The Bertz CT molecular complexity index is 573. The molecule has 2 aromatic rings. The quantitative estimate of drug-likeness (QED) is 0.878. The minimum Gasteiger partial charge on any atom is -0.381 e. The number of para-hydroxylation sites is 1. The Morgan fingerprint density at radius 3 is 3.05 bits per heavy atom. The number of fused-ring (bicyclic) bond motifs is 1. The molecular weight excluding hydrogens is 260 g/mol. The summed E-state index contributed by atoms with van der Waals surface area (Å²) in [6.07, 6.45) is 5.36. The van der Waals surface area contributed by atoms with E-state index in [9.17, 15) is 0 Å². The van der Waals surface area contributed by atoms with E-state index in [1.165, 1.54) is 17.4 Å². The van der Waals surface area contributed by atoms with Crippen LogP contribution in [0.15, 0.2) is 36.5 Å². The monoisotopic (exact) mass is 284 g/mol. The fourth-order valence-corrected chi connectivity index (χ4v) is 3.15. The van der Waals surface area contributed by atoms with Crippen LogP contribution in [0.1, 0.15) is 37.8 Å². The molecule has 2 unspecified atom stereocenters. The van der Waals surface area contributed by atoms with Gasteiger partial charge in [0.05, 0.1) is 5.52 Å². The first kappa shape index (κ1) is 14.5. The van der Waals surface area contributed by atoms with Crippen molar-refractivity contribution in [3.8, 4) is 0 Å². The van der Waals surface area contributed by atoms with Gasteiger partial charge < -0.3 is 10.1 Å². The third-order valence-electron chi connectivity index (χ3n) is 4.27. The van der Waals surface area contributed by atoms with E-state index in [-0.39, 0.29) is 0 Å². The number of benzene rings is 1. The third kappa shape index (κ3) is 3.42. The van der Waals surface area contributed by atoms with Crippen LogP contribution in [-0.2, 0) is 4.74 Å². The van der Waals surface area contributed by atoms with Crippen molar-refractivity contribution in [2.24, 2.45) is 5.92 Å². The van der Waals surface area contributed by atoms with Crippen LogP contribution in [0.3, 0.4) is 0 Å². The molecule has 1 fully saturated rings. The highest BCUT2D eigenvalue weighted by molar-refractivity contribution is 5.82. The highest BCUT2D eigenvalue weighted by Gasteiger charge is 2.22. The summed E-state index contributed by atoms with van der Waals surface area (Å²) < 4.78 is 5.54. The Hall–Kier alpha value is -1.45. The number of ether oxygens (including phenoxy) is 1. The smallest absolute Gasteiger partial charge is 0.0749 e. The van der Waals surface area contributed by atoms with Crippen molar-refractivity contribution < 1.29 is 4.74 Å². The molecule has 3 heteroatoms. The predicted octanol–water partition coefficient (Wildman–Crippen LogP) is 3.70. The average molecular weight is 284 g/mol. The van der Waals surface area contributed by atoms with Crippen molar-refractivity contribution >= 4 is 10.9 Å². The van der Waals surface area contributed by atoms with Crippen LogP contribution in [0.4, 0.5) is 0 Å². The van der Waals surface area contributed by atoms with E-state index in [1.807, 2.05) is 12.3 Å². The van der Waals surface area contributed by atoms with Gasteiger partial charge in [-0.25, -0.2) is 0 Å². The van der Waals surface area contributed by atoms with Gasteiger partial charge in [-0.2, -0.15) is 0 Å². The third-order valence-corrected chi connectivity index (χ3v) is 4.27. The van der Waals surface area contributed by atoms with Gasteiger partial charge in [0.2, 0.25) is 0 Å². The molecule has 21 heavy (non-hydrogen) atoms. The van der Waals surface area contributed by atoms with E-state index < -0.39 is 0 Å². The maximum Gasteiger partial charge on any atom is 0.0749 e. The first-order chi connectivity index (χ1) is 10.4. The van der Waals surface area contributed by atoms with Crippen LogP contribution in [0.5, 0.6) is 0 Å². The molecule has 2 heterocycles. The van der Waals surface area contributed by atoms with Crippen LogP contribution < -0.4 is 5.32 Å². The van der Waals surface area contributed by atoms with Gasteiger partial charge in [-0.05, 0) is 43.4 Å². The van der Waals surface area contributed by atoms with Crippen LogP contribution >= 0.6 is 0 Å². The lowest BCUT2D eigenvalue weighted by molar-refractivity contribution is 0.181. The second kappa shape index (κ2) is 7.01. The maximum absolute atomic E-state index is 5.54. The van der Waals surface area contributed by atoms with Gasteiger partial charge >= 0.3 is 0 Å². The average Bonchev–Trinajstić information content (AvgIpc) is 3.04. The van der Waals surface area contributed by atoms with E-state index in [0.29, 0.717) is 12.0 Å². The van der Waals surface area contributed by atoms with Gasteiger partial charge in [-0.3, -0.25) is 4.98 Å². The molecule has 3 rings (SSSR count). The van der Waals surface area contributed by atoms with Crippen molar-refractivity contribution in [2.45, 2.75) is 32.2 Å². The van der Waals surface area contributed by atoms with Crippen molar-refractivity contribution in [1.82, 2.24) is 10.3 Å². The Balaban J connectivity index is 1.89. The molecular formula is C18H24N2O. The lowest BCUT2D eigenvalue weighted by Crippen LogP contribution is -2.25. The molecule has 1 saturated heterocycles. The summed E-state index contributed by atoms with van der Waals surface area (Å²) in [5.74, 6) is 0.665. The first-order valence-electron chi connectivity index (χ1n) is 8.03. The number of pyridine rings is 1. The Morgan fingerprint density at radius 1 is 1.33 bits per heavy atom. The van der Waals surface area contributed by atoms with E-state index >= 15 is 0 Å². The highest BCUT2D eigenvalue weighted by Crippen LogP contribution is 2.30. The topological polar surface area (TPSA) is 34.1 Å². The molecule has 2 atom stereocenters. The number of nitrogens with zero attached hydrogens (tertiary/aromatic N) is 1. The van der Waals surface area contributed by atoms with Gasteiger partial charge in [-0.15, -0.1) is 0 Å². The van der Waals surface area contributed by atoms with Gasteiger partial charge in [0, 0.05) is 30.8 Å². The molecule has 1 aromatic heterocycles. The van der Waals surface area contributed by atoms with Crippen LogP contribution in [0, 0.1) is 5.92 Å². The number of nitrogens with one attached hydrogen (secondary N) is 1. The lowest BCUT2D eigenvalue weighted by atomic mass is 9.92. The zero-order valence-electron chi connectivity index (χ0n) is 12.7. The van der Waals surface area contributed by atoms with E-state index in [2.05, 4.69) is 41.5 Å². The molecule has 1 aliphatic heterocycles. The molecule has 1 N–H and O–H groups in total. The molecule has 3 nitrogen and oxygen atoms in total. The summed E-state index contributed by atoms with van der Waals surface area (Å²) in [6, 6.07) is 11.0. The van der Waals surface area contributed by atoms with Gasteiger partial charge in [0.1, 0.15) is 0 Å². The second-order valence-electron chi connectivity index (χ2n) is 5.89. The Kier molecular flexibility index (Phi) is 4.84. The summed E-state index contributed by atoms with van der Waals surface area (Å²) in [6.45, 7) is 5.08. The molecule has 0 saturated carbocycles. The molecule has 112 valence electrons. The second-order valence-corrected chi connectivity index (χ2v) is 5.89. The van der Waals surface area contributed by atoms with Crippen molar-refractivity contribution in [3.63, 3.8) is 0 Å². The summed E-state index contributed by atoms with van der Waals surface area (Å²) in [4.78, 5) is 4.61. The zero-order valence-corrected chi connectivity index (χ0v) is 12.7. The maximum atomic E-state index is 5.54. The summed E-state index contributed by atoms with van der Waals surface area (Å²) in [5.41, 5.74) is 2.46. The highest BCUT2D eigenvalue weighted by atomic mass is 16.5. The van der Waals surface area contributed by atoms with Gasteiger partial charge in [0.25, 0.3) is 0 Å². The SMILES string of the molecule is CCCNC(CC1CCOC1)c1cccc2cccnc12. The fourth-order valence-electron chi connectivity index (χ4n) is 3.15. The summed E-state index contributed by atoms with van der Waals surface area (Å²) in [7, 11) is 0. The van der Waals surface area contributed by atoms with Crippen molar-refractivity contribution in [1.29, 1.82) is 0 Å². The molecule has 0 radical (unpaired) electrons. The normalized spacial score (nSPS) is 20.0. The van der Waals surface area contributed by atoms with E-state index in [0.717, 1.165) is 38.1 Å². The molecule has 0 amide bonds. The summed E-state index contributed by atoms with van der Waals surface area (Å²) >= 11 is 0. The molecule has 0 spiro atoms.